The molecule has 0 aliphatic heterocycles. The number of alkyl halides is 2. The standard InChI is InChI=1S/C18H11F4N3S/c19-14-3-1-10(5-13(14)18(21)22)11-6-16-15(23-7-11)8-24-25(16)9-12-2-4-17(20)26-12/h1-8,18H,9H2. The summed E-state index contributed by atoms with van der Waals surface area (Å²) in [7, 11) is 0. The van der Waals surface area contributed by atoms with Gasteiger partial charge in [-0.05, 0) is 35.9 Å². The lowest BCUT2D eigenvalue weighted by Crippen LogP contribution is -2.00. The van der Waals surface area contributed by atoms with E-state index in [9.17, 15) is 17.6 Å². The first kappa shape index (κ1) is 16.7. The van der Waals surface area contributed by atoms with Crippen molar-refractivity contribution in [1.82, 2.24) is 14.8 Å². The van der Waals surface area contributed by atoms with Crippen molar-refractivity contribution in [3.8, 4) is 11.1 Å². The van der Waals surface area contributed by atoms with Gasteiger partial charge in [0.25, 0.3) is 6.43 Å². The minimum absolute atomic E-state index is 0.277. The summed E-state index contributed by atoms with van der Waals surface area (Å²) < 4.78 is 54.2. The SMILES string of the molecule is Fc1ccc(Cn2ncc3ncc(-c4ccc(F)c(C(F)F)c4)cc32)s1. The van der Waals surface area contributed by atoms with Gasteiger partial charge in [-0.3, -0.25) is 9.67 Å². The number of halogens is 4. The van der Waals surface area contributed by atoms with Crippen LogP contribution < -0.4 is 0 Å². The first-order valence-electron chi connectivity index (χ1n) is 7.65. The molecule has 4 aromatic rings. The number of nitrogens with zero attached hydrogens (tertiary/aromatic N) is 3. The molecule has 0 saturated heterocycles. The van der Waals surface area contributed by atoms with Gasteiger partial charge >= 0.3 is 0 Å². The van der Waals surface area contributed by atoms with Crippen molar-refractivity contribution >= 4 is 22.4 Å². The first-order chi connectivity index (χ1) is 12.5. The van der Waals surface area contributed by atoms with Crippen LogP contribution >= 0.6 is 11.3 Å². The molecule has 0 atom stereocenters. The van der Waals surface area contributed by atoms with Gasteiger partial charge in [-0.15, -0.1) is 11.3 Å². The van der Waals surface area contributed by atoms with E-state index in [1.165, 1.54) is 18.3 Å². The molecule has 0 N–H and O–H groups in total. The van der Waals surface area contributed by atoms with E-state index in [1.807, 2.05) is 0 Å². The molecule has 4 rings (SSSR count). The molecule has 3 heterocycles. The maximum absolute atomic E-state index is 13.5. The van der Waals surface area contributed by atoms with Gasteiger partial charge in [0, 0.05) is 16.6 Å². The molecule has 0 fully saturated rings. The molecule has 3 nitrogen and oxygen atoms in total. The topological polar surface area (TPSA) is 30.7 Å². The third-order valence-electron chi connectivity index (χ3n) is 3.99. The van der Waals surface area contributed by atoms with Crippen molar-refractivity contribution in [2.24, 2.45) is 0 Å². The highest BCUT2D eigenvalue weighted by molar-refractivity contribution is 7.10. The summed E-state index contributed by atoms with van der Waals surface area (Å²) in [4.78, 5) is 5.08. The Kier molecular flexibility index (Phi) is 4.20. The van der Waals surface area contributed by atoms with Gasteiger partial charge in [0.1, 0.15) is 11.3 Å². The van der Waals surface area contributed by atoms with E-state index in [0.29, 0.717) is 28.7 Å². The first-order valence-corrected chi connectivity index (χ1v) is 8.46. The smallest absolute Gasteiger partial charge is 0.258 e. The van der Waals surface area contributed by atoms with E-state index in [0.717, 1.165) is 28.3 Å². The molecule has 132 valence electrons. The third kappa shape index (κ3) is 3.08. The zero-order valence-corrected chi connectivity index (χ0v) is 14.0. The zero-order valence-electron chi connectivity index (χ0n) is 13.2. The molecule has 0 saturated carbocycles. The molecular weight excluding hydrogens is 366 g/mol. The molecule has 0 amide bonds. The van der Waals surface area contributed by atoms with Crippen LogP contribution in [-0.2, 0) is 6.54 Å². The zero-order chi connectivity index (χ0) is 18.3. The lowest BCUT2D eigenvalue weighted by atomic mass is 10.0. The molecule has 8 heteroatoms. The van der Waals surface area contributed by atoms with Crippen LogP contribution in [0.1, 0.15) is 16.9 Å². The fraction of sp³-hybridized carbons (Fsp3) is 0.111. The molecule has 0 aliphatic rings. The minimum Gasteiger partial charge on any atom is -0.258 e. The van der Waals surface area contributed by atoms with E-state index in [1.54, 1.807) is 23.0 Å². The minimum atomic E-state index is -2.90. The summed E-state index contributed by atoms with van der Waals surface area (Å²) in [6.07, 6.45) is 0.214. The number of rotatable bonds is 4. The van der Waals surface area contributed by atoms with Crippen LogP contribution in [0.3, 0.4) is 0 Å². The predicted octanol–water partition coefficient (Wildman–Crippen LogP) is 5.42. The predicted molar refractivity (Wildman–Crippen MR) is 91.3 cm³/mol. The van der Waals surface area contributed by atoms with Crippen LogP contribution in [-0.4, -0.2) is 14.8 Å². The van der Waals surface area contributed by atoms with Gasteiger partial charge in [0.05, 0.1) is 23.8 Å². The number of benzene rings is 1. The second kappa shape index (κ2) is 6.53. The van der Waals surface area contributed by atoms with Crippen LogP contribution in [0.15, 0.2) is 48.8 Å². The summed E-state index contributed by atoms with van der Waals surface area (Å²) in [6, 6.07) is 8.39. The Labute approximate surface area is 149 Å². The second-order valence-corrected chi connectivity index (χ2v) is 6.79. The van der Waals surface area contributed by atoms with E-state index in [2.05, 4.69) is 10.1 Å². The highest BCUT2D eigenvalue weighted by Crippen LogP contribution is 2.29. The second-order valence-electron chi connectivity index (χ2n) is 5.67. The molecule has 1 aromatic carbocycles. The molecule has 0 unspecified atom stereocenters. The Morgan fingerprint density at radius 3 is 2.58 bits per heavy atom. The Bertz CT molecular complexity index is 1090. The van der Waals surface area contributed by atoms with Crippen LogP contribution in [0.4, 0.5) is 17.6 Å². The number of hydrogen-bond donors (Lipinski definition) is 0. The molecule has 26 heavy (non-hydrogen) atoms. The Balaban J connectivity index is 1.75. The molecule has 0 spiro atoms. The van der Waals surface area contributed by atoms with Gasteiger partial charge in [0.2, 0.25) is 0 Å². The Morgan fingerprint density at radius 1 is 1.00 bits per heavy atom. The van der Waals surface area contributed by atoms with E-state index in [-0.39, 0.29) is 5.13 Å². The van der Waals surface area contributed by atoms with Crippen LogP contribution in [0.2, 0.25) is 0 Å². The summed E-state index contributed by atoms with van der Waals surface area (Å²) in [6.45, 7) is 0.370. The third-order valence-corrected chi connectivity index (χ3v) is 4.85. The fourth-order valence-electron chi connectivity index (χ4n) is 2.72. The van der Waals surface area contributed by atoms with Crippen LogP contribution in [0, 0.1) is 10.9 Å². The van der Waals surface area contributed by atoms with Gasteiger partial charge in [0.15, 0.2) is 5.13 Å². The normalized spacial score (nSPS) is 11.6. The number of aromatic nitrogens is 3. The van der Waals surface area contributed by atoms with Crippen LogP contribution in [0.5, 0.6) is 0 Å². The van der Waals surface area contributed by atoms with E-state index >= 15 is 0 Å². The summed E-state index contributed by atoms with van der Waals surface area (Å²) >= 11 is 1.03. The average molecular weight is 377 g/mol. The van der Waals surface area contributed by atoms with E-state index in [4.69, 9.17) is 0 Å². The van der Waals surface area contributed by atoms with Crippen molar-refractivity contribution in [1.29, 1.82) is 0 Å². The Hall–Kier alpha value is -2.74. The van der Waals surface area contributed by atoms with Gasteiger partial charge in [-0.2, -0.15) is 9.49 Å². The molecule has 0 aliphatic carbocycles. The van der Waals surface area contributed by atoms with E-state index < -0.39 is 17.8 Å². The highest BCUT2D eigenvalue weighted by Gasteiger charge is 2.15. The van der Waals surface area contributed by atoms with Crippen LogP contribution in [0.25, 0.3) is 22.2 Å². The summed E-state index contributed by atoms with van der Waals surface area (Å²) in [5, 5.41) is 3.98. The largest absolute Gasteiger partial charge is 0.266 e. The van der Waals surface area contributed by atoms with Crippen molar-refractivity contribution in [2.45, 2.75) is 13.0 Å². The number of fused-ring (bicyclic) bond motifs is 1. The lowest BCUT2D eigenvalue weighted by Gasteiger charge is -2.07. The van der Waals surface area contributed by atoms with Crippen molar-refractivity contribution in [3.05, 3.63) is 70.2 Å². The number of hydrogen-bond acceptors (Lipinski definition) is 3. The monoisotopic (exact) mass is 377 g/mol. The number of thiophene rings is 1. The quantitative estimate of drug-likeness (QED) is 0.445. The van der Waals surface area contributed by atoms with Crippen molar-refractivity contribution < 1.29 is 17.6 Å². The van der Waals surface area contributed by atoms with Crippen molar-refractivity contribution in [2.75, 3.05) is 0 Å². The molecule has 0 radical (unpaired) electrons. The van der Waals surface area contributed by atoms with Gasteiger partial charge in [-0.1, -0.05) is 6.07 Å². The summed E-state index contributed by atoms with van der Waals surface area (Å²) in [5.74, 6) is -0.942. The van der Waals surface area contributed by atoms with Gasteiger partial charge < -0.3 is 0 Å². The molecule has 3 aromatic heterocycles. The van der Waals surface area contributed by atoms with Crippen molar-refractivity contribution in [3.63, 3.8) is 0 Å². The number of pyridine rings is 1. The highest BCUT2D eigenvalue weighted by atomic mass is 32.1. The average Bonchev–Trinajstić information content (AvgIpc) is 3.21. The lowest BCUT2D eigenvalue weighted by molar-refractivity contribution is 0.146. The molecule has 0 bridgehead atoms. The maximum Gasteiger partial charge on any atom is 0.266 e. The molecular formula is C18H11F4N3S. The maximum atomic E-state index is 13.5. The summed E-state index contributed by atoms with van der Waals surface area (Å²) in [5.41, 5.74) is 1.66. The fourth-order valence-corrected chi connectivity index (χ4v) is 3.42. The Morgan fingerprint density at radius 2 is 1.85 bits per heavy atom. The van der Waals surface area contributed by atoms with Gasteiger partial charge in [-0.25, -0.2) is 13.2 Å².